The molecule has 0 spiro atoms. The quantitative estimate of drug-likeness (QED) is 0.803. The zero-order valence-corrected chi connectivity index (χ0v) is 10.3. The van der Waals surface area contributed by atoms with Crippen LogP contribution in [0, 0.1) is 0 Å². The van der Waals surface area contributed by atoms with Crippen LogP contribution >= 0.6 is 0 Å². The van der Waals surface area contributed by atoms with Crippen molar-refractivity contribution in [2.24, 2.45) is 0 Å². The van der Waals surface area contributed by atoms with Crippen molar-refractivity contribution in [1.82, 2.24) is 15.2 Å². The Morgan fingerprint density at radius 3 is 3.18 bits per heavy atom. The van der Waals surface area contributed by atoms with Gasteiger partial charge in [-0.1, -0.05) is 6.07 Å². The van der Waals surface area contributed by atoms with Crippen LogP contribution in [0.25, 0.3) is 0 Å². The van der Waals surface area contributed by atoms with E-state index in [0.717, 1.165) is 26.1 Å². The minimum Gasteiger partial charge on any atom is -0.396 e. The summed E-state index contributed by atoms with van der Waals surface area (Å²) in [5, 5.41) is 12.6. The number of pyridine rings is 1. The Hall–Kier alpha value is -0.970. The lowest BCUT2D eigenvalue weighted by molar-refractivity contribution is 0.103. The van der Waals surface area contributed by atoms with Crippen LogP contribution in [0.2, 0.25) is 0 Å². The Labute approximate surface area is 103 Å². The van der Waals surface area contributed by atoms with Gasteiger partial charge in [0, 0.05) is 50.7 Å². The molecule has 1 saturated heterocycles. The molecule has 1 aromatic rings. The van der Waals surface area contributed by atoms with Gasteiger partial charge in [0.2, 0.25) is 0 Å². The van der Waals surface area contributed by atoms with Crippen LogP contribution < -0.4 is 5.32 Å². The summed E-state index contributed by atoms with van der Waals surface area (Å²) >= 11 is 0. The molecule has 1 aliphatic rings. The Kier molecular flexibility index (Phi) is 4.48. The van der Waals surface area contributed by atoms with Gasteiger partial charge in [0.05, 0.1) is 0 Å². The predicted molar refractivity (Wildman–Crippen MR) is 67.6 cm³/mol. The third-order valence-electron chi connectivity index (χ3n) is 3.30. The van der Waals surface area contributed by atoms with Gasteiger partial charge in [-0.25, -0.2) is 0 Å². The molecule has 0 bridgehead atoms. The van der Waals surface area contributed by atoms with Crippen molar-refractivity contribution in [2.75, 3.05) is 19.7 Å². The fraction of sp³-hybridized carbons (Fsp3) is 0.615. The molecular formula is C13H21N3O. The molecule has 0 aromatic carbocycles. The lowest BCUT2D eigenvalue weighted by Crippen LogP contribution is -2.55. The first-order valence-electron chi connectivity index (χ1n) is 6.27. The van der Waals surface area contributed by atoms with Crippen molar-refractivity contribution in [3.63, 3.8) is 0 Å². The van der Waals surface area contributed by atoms with Crippen molar-refractivity contribution >= 4 is 0 Å². The average Bonchev–Trinajstić information content (AvgIpc) is 2.34. The average molecular weight is 235 g/mol. The standard InChI is InChI=1S/C13H21N3O/c1-11-9-16(13(4-6-17)8-15-11)10-12-3-2-5-14-7-12/h2-3,5,7,11,13,15,17H,4,6,8-10H2,1H3. The molecule has 17 heavy (non-hydrogen) atoms. The first-order chi connectivity index (χ1) is 8.29. The molecule has 1 fully saturated rings. The predicted octanol–water partition coefficient (Wildman–Crippen LogP) is 0.626. The van der Waals surface area contributed by atoms with Crippen LogP contribution in [0.4, 0.5) is 0 Å². The Balaban J connectivity index is 1.99. The van der Waals surface area contributed by atoms with E-state index in [1.54, 1.807) is 6.20 Å². The van der Waals surface area contributed by atoms with E-state index in [1.165, 1.54) is 5.56 Å². The van der Waals surface area contributed by atoms with Gasteiger partial charge in [-0.3, -0.25) is 9.88 Å². The summed E-state index contributed by atoms with van der Waals surface area (Å²) in [6.07, 6.45) is 4.55. The highest BCUT2D eigenvalue weighted by molar-refractivity contribution is 5.08. The summed E-state index contributed by atoms with van der Waals surface area (Å²) in [5.41, 5.74) is 1.24. The molecule has 0 aliphatic carbocycles. The van der Waals surface area contributed by atoms with Crippen LogP contribution in [0.3, 0.4) is 0 Å². The fourth-order valence-electron chi connectivity index (χ4n) is 2.39. The van der Waals surface area contributed by atoms with Gasteiger partial charge in [-0.05, 0) is 25.0 Å². The third kappa shape index (κ3) is 3.49. The van der Waals surface area contributed by atoms with Crippen LogP contribution in [-0.2, 0) is 6.54 Å². The number of rotatable bonds is 4. The van der Waals surface area contributed by atoms with Crippen molar-refractivity contribution < 1.29 is 5.11 Å². The Bertz CT molecular complexity index is 331. The summed E-state index contributed by atoms with van der Waals surface area (Å²) < 4.78 is 0. The highest BCUT2D eigenvalue weighted by atomic mass is 16.3. The number of nitrogens with zero attached hydrogens (tertiary/aromatic N) is 2. The topological polar surface area (TPSA) is 48.4 Å². The molecule has 2 heterocycles. The molecule has 1 aromatic heterocycles. The molecule has 2 rings (SSSR count). The normalized spacial score (nSPS) is 26.0. The van der Waals surface area contributed by atoms with Crippen molar-refractivity contribution in [2.45, 2.75) is 32.0 Å². The Morgan fingerprint density at radius 2 is 2.47 bits per heavy atom. The molecule has 0 saturated carbocycles. The first-order valence-corrected chi connectivity index (χ1v) is 6.27. The number of hydrogen-bond donors (Lipinski definition) is 2. The lowest BCUT2D eigenvalue weighted by atomic mass is 10.1. The van der Waals surface area contributed by atoms with Crippen LogP contribution in [0.5, 0.6) is 0 Å². The minimum absolute atomic E-state index is 0.254. The SMILES string of the molecule is CC1CN(Cc2cccnc2)C(CCO)CN1. The monoisotopic (exact) mass is 235 g/mol. The molecule has 0 amide bonds. The molecule has 0 radical (unpaired) electrons. The molecule has 2 N–H and O–H groups in total. The van der Waals surface area contributed by atoms with Gasteiger partial charge in [-0.15, -0.1) is 0 Å². The van der Waals surface area contributed by atoms with Gasteiger partial charge >= 0.3 is 0 Å². The smallest absolute Gasteiger partial charge is 0.0446 e. The van der Waals surface area contributed by atoms with E-state index in [9.17, 15) is 0 Å². The fourth-order valence-corrected chi connectivity index (χ4v) is 2.39. The second-order valence-electron chi connectivity index (χ2n) is 4.77. The summed E-state index contributed by atoms with van der Waals surface area (Å²) in [5.74, 6) is 0. The maximum atomic E-state index is 9.10. The van der Waals surface area contributed by atoms with Crippen LogP contribution in [0.15, 0.2) is 24.5 Å². The van der Waals surface area contributed by atoms with E-state index < -0.39 is 0 Å². The highest BCUT2D eigenvalue weighted by Crippen LogP contribution is 2.14. The van der Waals surface area contributed by atoms with E-state index in [-0.39, 0.29) is 6.61 Å². The van der Waals surface area contributed by atoms with E-state index in [1.807, 2.05) is 12.3 Å². The molecule has 2 atom stereocenters. The minimum atomic E-state index is 0.254. The van der Waals surface area contributed by atoms with Gasteiger partial charge in [0.15, 0.2) is 0 Å². The molecule has 94 valence electrons. The number of aliphatic hydroxyl groups is 1. The van der Waals surface area contributed by atoms with E-state index in [2.05, 4.69) is 28.2 Å². The van der Waals surface area contributed by atoms with Gasteiger partial charge < -0.3 is 10.4 Å². The number of nitrogens with one attached hydrogen (secondary N) is 1. The van der Waals surface area contributed by atoms with Crippen LogP contribution in [0.1, 0.15) is 18.9 Å². The maximum absolute atomic E-state index is 9.10. The van der Waals surface area contributed by atoms with Gasteiger partial charge in [0.1, 0.15) is 0 Å². The molecule has 4 nitrogen and oxygen atoms in total. The van der Waals surface area contributed by atoms with Crippen LogP contribution in [-0.4, -0.2) is 46.8 Å². The second kappa shape index (κ2) is 6.10. The number of hydrogen-bond acceptors (Lipinski definition) is 4. The molecule has 4 heteroatoms. The zero-order chi connectivity index (χ0) is 12.1. The second-order valence-corrected chi connectivity index (χ2v) is 4.77. The lowest BCUT2D eigenvalue weighted by Gasteiger charge is -2.39. The third-order valence-corrected chi connectivity index (χ3v) is 3.30. The van der Waals surface area contributed by atoms with E-state index in [0.29, 0.717) is 12.1 Å². The zero-order valence-electron chi connectivity index (χ0n) is 10.3. The highest BCUT2D eigenvalue weighted by Gasteiger charge is 2.25. The summed E-state index contributed by atoms with van der Waals surface area (Å²) in [4.78, 5) is 6.59. The summed E-state index contributed by atoms with van der Waals surface area (Å²) in [6, 6.07) is 5.02. The molecule has 1 aliphatic heterocycles. The number of aliphatic hydroxyl groups excluding tert-OH is 1. The first kappa shape index (κ1) is 12.5. The summed E-state index contributed by atoms with van der Waals surface area (Å²) in [6.45, 7) is 5.36. The Morgan fingerprint density at radius 1 is 1.59 bits per heavy atom. The van der Waals surface area contributed by atoms with E-state index in [4.69, 9.17) is 5.11 Å². The van der Waals surface area contributed by atoms with Crippen molar-refractivity contribution in [3.8, 4) is 0 Å². The van der Waals surface area contributed by atoms with Crippen molar-refractivity contribution in [1.29, 1.82) is 0 Å². The van der Waals surface area contributed by atoms with E-state index >= 15 is 0 Å². The number of aromatic nitrogens is 1. The largest absolute Gasteiger partial charge is 0.396 e. The maximum Gasteiger partial charge on any atom is 0.0446 e. The van der Waals surface area contributed by atoms with Crippen molar-refractivity contribution in [3.05, 3.63) is 30.1 Å². The summed E-state index contributed by atoms with van der Waals surface area (Å²) in [7, 11) is 0. The molecule has 2 unspecified atom stereocenters. The van der Waals surface area contributed by atoms with Gasteiger partial charge in [0.25, 0.3) is 0 Å². The number of piperazine rings is 1. The van der Waals surface area contributed by atoms with Gasteiger partial charge in [-0.2, -0.15) is 0 Å². The molecular weight excluding hydrogens is 214 g/mol.